The molecule has 2 rings (SSSR count). The Morgan fingerprint density at radius 2 is 2.32 bits per heavy atom. The van der Waals surface area contributed by atoms with Gasteiger partial charge in [-0.1, -0.05) is 5.16 Å². The Hall–Kier alpha value is -1.56. The summed E-state index contributed by atoms with van der Waals surface area (Å²) in [5.74, 6) is 1.44. The summed E-state index contributed by atoms with van der Waals surface area (Å²) >= 11 is 0. The average Bonchev–Trinajstić information content (AvgIpc) is 2.80. The predicted octanol–water partition coefficient (Wildman–Crippen LogP) is 0.993. The molecule has 0 saturated heterocycles. The molecule has 1 unspecified atom stereocenters. The van der Waals surface area contributed by atoms with Crippen molar-refractivity contribution in [2.45, 2.75) is 45.2 Å². The van der Waals surface area contributed by atoms with Gasteiger partial charge in [0.05, 0.1) is 13.2 Å². The highest BCUT2D eigenvalue weighted by Gasteiger charge is 2.18. The molecule has 0 fully saturated rings. The van der Waals surface area contributed by atoms with E-state index < -0.39 is 0 Å². The van der Waals surface area contributed by atoms with E-state index in [1.54, 1.807) is 7.11 Å². The van der Waals surface area contributed by atoms with Gasteiger partial charge in [0.25, 0.3) is 0 Å². The van der Waals surface area contributed by atoms with Crippen molar-refractivity contribution in [1.82, 2.24) is 10.5 Å². The van der Waals surface area contributed by atoms with Crippen LogP contribution in [0.25, 0.3) is 0 Å². The minimum absolute atomic E-state index is 0.139. The number of methoxy groups -OCH3 is 1. The molecule has 1 aliphatic carbocycles. The molecule has 1 atom stereocenters. The van der Waals surface area contributed by atoms with E-state index in [4.69, 9.17) is 15.0 Å². The number of rotatable bonds is 5. The Kier molecular flexibility index (Phi) is 4.79. The molecular formula is C13H22N4O2. The maximum Gasteiger partial charge on any atom is 0.189 e. The second kappa shape index (κ2) is 6.56. The standard InChI is InChI=1S/C13H22N4O2/c1-9(8-18-2)16-13(14)15-7-11-10-5-3-4-6-12(10)19-17-11/h9H,3-8H2,1-2H3,(H3,14,15,16). The zero-order valence-corrected chi connectivity index (χ0v) is 11.6. The predicted molar refractivity (Wildman–Crippen MR) is 72.9 cm³/mol. The van der Waals surface area contributed by atoms with Gasteiger partial charge in [-0.3, -0.25) is 0 Å². The van der Waals surface area contributed by atoms with Gasteiger partial charge in [-0.2, -0.15) is 0 Å². The number of nitrogens with zero attached hydrogens (tertiary/aromatic N) is 2. The van der Waals surface area contributed by atoms with Gasteiger partial charge in [0.1, 0.15) is 11.5 Å². The van der Waals surface area contributed by atoms with Crippen molar-refractivity contribution in [3.63, 3.8) is 0 Å². The fourth-order valence-corrected chi connectivity index (χ4v) is 2.32. The number of nitrogens with two attached hydrogens (primary N) is 1. The van der Waals surface area contributed by atoms with E-state index >= 15 is 0 Å². The highest BCUT2D eigenvalue weighted by molar-refractivity contribution is 5.78. The van der Waals surface area contributed by atoms with Crippen molar-refractivity contribution in [3.8, 4) is 0 Å². The Morgan fingerprint density at radius 1 is 1.53 bits per heavy atom. The van der Waals surface area contributed by atoms with E-state index in [1.807, 2.05) is 6.92 Å². The molecule has 1 heterocycles. The Morgan fingerprint density at radius 3 is 3.11 bits per heavy atom. The molecule has 6 nitrogen and oxygen atoms in total. The summed E-state index contributed by atoms with van der Waals surface area (Å²) in [7, 11) is 1.66. The first-order valence-electron chi connectivity index (χ1n) is 6.72. The lowest BCUT2D eigenvalue weighted by atomic mass is 9.96. The van der Waals surface area contributed by atoms with Crippen molar-refractivity contribution in [1.29, 1.82) is 0 Å². The number of nitrogens with one attached hydrogen (secondary N) is 1. The van der Waals surface area contributed by atoms with Gasteiger partial charge in [-0.05, 0) is 26.2 Å². The van der Waals surface area contributed by atoms with Crippen LogP contribution in [-0.4, -0.2) is 30.9 Å². The SMILES string of the molecule is COCC(C)NC(N)=NCc1noc2c1CCCC2. The van der Waals surface area contributed by atoms with E-state index in [2.05, 4.69) is 15.5 Å². The molecule has 0 aliphatic heterocycles. The number of aryl methyl sites for hydroxylation is 1. The van der Waals surface area contributed by atoms with E-state index in [0.29, 0.717) is 19.1 Å². The van der Waals surface area contributed by atoms with Gasteiger partial charge in [-0.25, -0.2) is 4.99 Å². The molecule has 1 aliphatic rings. The molecule has 0 aromatic carbocycles. The molecular weight excluding hydrogens is 244 g/mol. The van der Waals surface area contributed by atoms with Crippen molar-refractivity contribution < 1.29 is 9.26 Å². The second-order valence-electron chi connectivity index (χ2n) is 4.94. The van der Waals surface area contributed by atoms with E-state index in [1.165, 1.54) is 18.4 Å². The lowest BCUT2D eigenvalue weighted by molar-refractivity contribution is 0.179. The first-order chi connectivity index (χ1) is 9.20. The zero-order valence-electron chi connectivity index (χ0n) is 11.6. The number of aromatic nitrogens is 1. The number of guanidine groups is 1. The van der Waals surface area contributed by atoms with Crippen LogP contribution >= 0.6 is 0 Å². The van der Waals surface area contributed by atoms with Crippen LogP contribution in [0.15, 0.2) is 9.52 Å². The number of hydrogen-bond donors (Lipinski definition) is 2. The van der Waals surface area contributed by atoms with Gasteiger partial charge in [0, 0.05) is 25.1 Å². The first-order valence-corrected chi connectivity index (χ1v) is 6.72. The highest BCUT2D eigenvalue weighted by Crippen LogP contribution is 2.24. The lowest BCUT2D eigenvalue weighted by Crippen LogP contribution is -2.40. The van der Waals surface area contributed by atoms with Crippen molar-refractivity contribution in [2.75, 3.05) is 13.7 Å². The topological polar surface area (TPSA) is 85.7 Å². The molecule has 0 amide bonds. The summed E-state index contributed by atoms with van der Waals surface area (Å²) in [5.41, 5.74) is 7.97. The fraction of sp³-hybridized carbons (Fsp3) is 0.692. The van der Waals surface area contributed by atoms with Crippen molar-refractivity contribution >= 4 is 5.96 Å². The smallest absolute Gasteiger partial charge is 0.189 e. The molecule has 1 aromatic heterocycles. The van der Waals surface area contributed by atoms with Gasteiger partial charge >= 0.3 is 0 Å². The largest absolute Gasteiger partial charge is 0.383 e. The normalized spacial score (nSPS) is 17.1. The van der Waals surface area contributed by atoms with Crippen LogP contribution in [0.5, 0.6) is 0 Å². The first kappa shape index (κ1) is 13.9. The van der Waals surface area contributed by atoms with Crippen LogP contribution in [-0.2, 0) is 24.1 Å². The summed E-state index contributed by atoms with van der Waals surface area (Å²) in [6.45, 7) is 3.05. The molecule has 3 N–H and O–H groups in total. The monoisotopic (exact) mass is 266 g/mol. The minimum Gasteiger partial charge on any atom is -0.383 e. The Balaban J connectivity index is 1.92. The van der Waals surface area contributed by atoms with E-state index in [9.17, 15) is 0 Å². The third kappa shape index (κ3) is 3.70. The van der Waals surface area contributed by atoms with Crippen LogP contribution in [0.4, 0.5) is 0 Å². The highest BCUT2D eigenvalue weighted by atomic mass is 16.5. The second-order valence-corrected chi connectivity index (χ2v) is 4.94. The quantitative estimate of drug-likeness (QED) is 0.613. The minimum atomic E-state index is 0.139. The van der Waals surface area contributed by atoms with Gasteiger partial charge in [0.15, 0.2) is 5.96 Å². The number of ether oxygens (including phenoxy) is 1. The van der Waals surface area contributed by atoms with E-state index in [0.717, 1.165) is 24.3 Å². The fourth-order valence-electron chi connectivity index (χ4n) is 2.32. The van der Waals surface area contributed by atoms with Gasteiger partial charge < -0.3 is 20.3 Å². The summed E-state index contributed by atoms with van der Waals surface area (Å²) in [6, 6.07) is 0.139. The lowest BCUT2D eigenvalue weighted by Gasteiger charge is -2.13. The third-order valence-corrected chi connectivity index (χ3v) is 3.24. The molecule has 1 aromatic rings. The summed E-state index contributed by atoms with van der Waals surface area (Å²) in [4.78, 5) is 4.30. The van der Waals surface area contributed by atoms with Crippen LogP contribution in [0.2, 0.25) is 0 Å². The molecule has 19 heavy (non-hydrogen) atoms. The van der Waals surface area contributed by atoms with Gasteiger partial charge in [0.2, 0.25) is 0 Å². The van der Waals surface area contributed by atoms with Gasteiger partial charge in [-0.15, -0.1) is 0 Å². The Labute approximate surface area is 113 Å². The maximum atomic E-state index is 5.82. The van der Waals surface area contributed by atoms with E-state index in [-0.39, 0.29) is 6.04 Å². The molecule has 106 valence electrons. The Bertz CT molecular complexity index is 442. The summed E-state index contributed by atoms with van der Waals surface area (Å²) in [5, 5.41) is 7.16. The molecule has 0 spiro atoms. The van der Waals surface area contributed by atoms with Crippen molar-refractivity contribution in [3.05, 3.63) is 17.0 Å². The van der Waals surface area contributed by atoms with Crippen LogP contribution in [0.1, 0.15) is 36.8 Å². The van der Waals surface area contributed by atoms with Crippen LogP contribution in [0.3, 0.4) is 0 Å². The van der Waals surface area contributed by atoms with Crippen LogP contribution in [0, 0.1) is 0 Å². The molecule has 0 bridgehead atoms. The molecule has 0 radical (unpaired) electrons. The molecule has 6 heteroatoms. The summed E-state index contributed by atoms with van der Waals surface area (Å²) in [6.07, 6.45) is 4.41. The van der Waals surface area contributed by atoms with Crippen molar-refractivity contribution in [2.24, 2.45) is 10.7 Å². The summed E-state index contributed by atoms with van der Waals surface area (Å²) < 4.78 is 10.4. The molecule has 0 saturated carbocycles. The third-order valence-electron chi connectivity index (χ3n) is 3.24. The maximum absolute atomic E-state index is 5.82. The van der Waals surface area contributed by atoms with Crippen LogP contribution < -0.4 is 11.1 Å². The number of fused-ring (bicyclic) bond motifs is 1. The average molecular weight is 266 g/mol. The number of aliphatic imine (C=N–C) groups is 1. The number of hydrogen-bond acceptors (Lipinski definition) is 4. The zero-order chi connectivity index (χ0) is 13.7.